The second-order valence-electron chi connectivity index (χ2n) is 3.27. The van der Waals surface area contributed by atoms with Crippen LogP contribution in [0.25, 0.3) is 11.4 Å². The minimum atomic E-state index is -0.304. The van der Waals surface area contributed by atoms with Gasteiger partial charge in [0.2, 0.25) is 0 Å². The van der Waals surface area contributed by atoms with Crippen LogP contribution >= 0.6 is 15.9 Å². The van der Waals surface area contributed by atoms with E-state index < -0.39 is 0 Å². The van der Waals surface area contributed by atoms with Crippen LogP contribution in [0.2, 0.25) is 0 Å². The van der Waals surface area contributed by atoms with Gasteiger partial charge in [-0.05, 0) is 40.7 Å². The Morgan fingerprint density at radius 1 is 1.44 bits per heavy atom. The van der Waals surface area contributed by atoms with E-state index in [1.165, 1.54) is 6.07 Å². The molecule has 0 bridgehead atoms. The molecule has 0 spiro atoms. The summed E-state index contributed by atoms with van der Waals surface area (Å²) in [7, 11) is 0. The predicted molar refractivity (Wildman–Crippen MR) is 62.2 cm³/mol. The van der Waals surface area contributed by atoms with Crippen molar-refractivity contribution in [2.24, 2.45) is 5.73 Å². The van der Waals surface area contributed by atoms with Crippen LogP contribution in [0.5, 0.6) is 0 Å². The molecular formula is C10H10BrFN4. The van der Waals surface area contributed by atoms with E-state index in [-0.39, 0.29) is 5.82 Å². The van der Waals surface area contributed by atoms with Crippen LogP contribution in [0, 0.1) is 5.82 Å². The first kappa shape index (κ1) is 11.2. The first-order valence-electron chi connectivity index (χ1n) is 4.77. The second kappa shape index (κ2) is 4.71. The zero-order valence-electron chi connectivity index (χ0n) is 8.37. The molecule has 1 aromatic carbocycles. The van der Waals surface area contributed by atoms with Crippen molar-refractivity contribution in [3.63, 3.8) is 0 Å². The average molecular weight is 285 g/mol. The van der Waals surface area contributed by atoms with E-state index in [2.05, 4.69) is 31.1 Å². The molecule has 6 heteroatoms. The number of hydrogen-bond donors (Lipinski definition) is 2. The molecule has 0 atom stereocenters. The number of aromatic amines is 1. The van der Waals surface area contributed by atoms with Crippen LogP contribution in [-0.4, -0.2) is 21.7 Å². The maximum absolute atomic E-state index is 13.0. The van der Waals surface area contributed by atoms with Gasteiger partial charge in [-0.2, -0.15) is 5.10 Å². The van der Waals surface area contributed by atoms with Crippen molar-refractivity contribution in [1.82, 2.24) is 15.2 Å². The fourth-order valence-corrected chi connectivity index (χ4v) is 1.69. The number of hydrogen-bond acceptors (Lipinski definition) is 3. The lowest BCUT2D eigenvalue weighted by Crippen LogP contribution is -2.03. The van der Waals surface area contributed by atoms with E-state index in [4.69, 9.17) is 5.73 Å². The molecule has 0 aliphatic rings. The summed E-state index contributed by atoms with van der Waals surface area (Å²) in [5.41, 5.74) is 6.16. The molecule has 0 amide bonds. The molecule has 0 unspecified atom stereocenters. The molecule has 1 heterocycles. The number of nitrogens with zero attached hydrogens (tertiary/aromatic N) is 2. The van der Waals surface area contributed by atoms with Crippen molar-refractivity contribution in [2.75, 3.05) is 6.54 Å². The number of nitrogens with two attached hydrogens (primary N) is 1. The second-order valence-corrected chi connectivity index (χ2v) is 4.13. The predicted octanol–water partition coefficient (Wildman–Crippen LogP) is 1.87. The normalized spacial score (nSPS) is 10.7. The first-order chi connectivity index (χ1) is 7.70. The van der Waals surface area contributed by atoms with Gasteiger partial charge in [0.1, 0.15) is 11.6 Å². The van der Waals surface area contributed by atoms with Crippen molar-refractivity contribution in [3.05, 3.63) is 34.3 Å². The molecule has 0 aliphatic heterocycles. The summed E-state index contributed by atoms with van der Waals surface area (Å²) >= 11 is 3.12. The molecule has 0 saturated carbocycles. The molecule has 4 nitrogen and oxygen atoms in total. The van der Waals surface area contributed by atoms with E-state index >= 15 is 0 Å². The molecular weight excluding hydrogens is 275 g/mol. The topological polar surface area (TPSA) is 67.6 Å². The van der Waals surface area contributed by atoms with E-state index in [0.29, 0.717) is 23.3 Å². The van der Waals surface area contributed by atoms with Crippen LogP contribution < -0.4 is 5.73 Å². The zero-order chi connectivity index (χ0) is 11.5. The Morgan fingerprint density at radius 2 is 2.25 bits per heavy atom. The number of aromatic nitrogens is 3. The quantitative estimate of drug-likeness (QED) is 0.904. The third kappa shape index (κ3) is 2.28. The molecule has 0 aliphatic carbocycles. The summed E-state index contributed by atoms with van der Waals surface area (Å²) < 4.78 is 13.4. The Morgan fingerprint density at radius 3 is 2.94 bits per heavy atom. The van der Waals surface area contributed by atoms with Gasteiger partial charge in [0.15, 0.2) is 5.82 Å². The standard InChI is InChI=1S/C10H10BrFN4/c11-7-5-6(1-2-8(7)12)10-14-9(3-4-13)15-16-10/h1-2,5H,3-4,13H2,(H,14,15,16). The Kier molecular flexibility index (Phi) is 3.31. The number of halogens is 2. The molecule has 0 radical (unpaired) electrons. The number of benzene rings is 1. The van der Waals surface area contributed by atoms with Crippen molar-refractivity contribution in [1.29, 1.82) is 0 Å². The minimum absolute atomic E-state index is 0.304. The summed E-state index contributed by atoms with van der Waals surface area (Å²) in [5.74, 6) is 0.976. The Labute approximate surface area is 100 Å². The number of rotatable bonds is 3. The summed E-state index contributed by atoms with van der Waals surface area (Å²) in [6.07, 6.45) is 0.648. The Balaban J connectivity index is 2.31. The number of nitrogens with one attached hydrogen (secondary N) is 1. The van der Waals surface area contributed by atoms with Crippen molar-refractivity contribution in [2.45, 2.75) is 6.42 Å². The highest BCUT2D eigenvalue weighted by atomic mass is 79.9. The molecule has 16 heavy (non-hydrogen) atoms. The largest absolute Gasteiger partial charge is 0.330 e. The molecule has 2 aromatic rings. The average Bonchev–Trinajstić information content (AvgIpc) is 2.71. The van der Waals surface area contributed by atoms with E-state index in [0.717, 1.165) is 11.4 Å². The first-order valence-corrected chi connectivity index (χ1v) is 5.57. The minimum Gasteiger partial charge on any atom is -0.330 e. The van der Waals surface area contributed by atoms with Gasteiger partial charge in [-0.3, -0.25) is 5.10 Å². The Bertz CT molecular complexity index is 497. The number of H-pyrrole nitrogens is 1. The van der Waals surface area contributed by atoms with Crippen LogP contribution in [-0.2, 0) is 6.42 Å². The monoisotopic (exact) mass is 284 g/mol. The lowest BCUT2D eigenvalue weighted by atomic mass is 10.2. The third-order valence-electron chi connectivity index (χ3n) is 2.09. The molecule has 1 aromatic heterocycles. The maximum Gasteiger partial charge on any atom is 0.181 e. The SMILES string of the molecule is NCCc1nc(-c2ccc(F)c(Br)c2)n[nH]1. The summed E-state index contributed by atoms with van der Waals surface area (Å²) in [5, 5.41) is 6.83. The van der Waals surface area contributed by atoms with Crippen molar-refractivity contribution >= 4 is 15.9 Å². The van der Waals surface area contributed by atoms with Gasteiger partial charge in [0.05, 0.1) is 4.47 Å². The molecule has 0 saturated heterocycles. The van der Waals surface area contributed by atoms with Crippen LogP contribution in [0.3, 0.4) is 0 Å². The summed E-state index contributed by atoms with van der Waals surface area (Å²) in [6, 6.07) is 4.65. The van der Waals surface area contributed by atoms with Crippen molar-refractivity contribution in [3.8, 4) is 11.4 Å². The fourth-order valence-electron chi connectivity index (χ4n) is 1.31. The van der Waals surface area contributed by atoms with Gasteiger partial charge in [0.25, 0.3) is 0 Å². The maximum atomic E-state index is 13.0. The van der Waals surface area contributed by atoms with Crippen LogP contribution in [0.1, 0.15) is 5.82 Å². The zero-order valence-corrected chi connectivity index (χ0v) is 9.96. The lowest BCUT2D eigenvalue weighted by molar-refractivity contribution is 0.621. The van der Waals surface area contributed by atoms with Gasteiger partial charge in [-0.15, -0.1) is 0 Å². The molecule has 84 valence electrons. The highest BCUT2D eigenvalue weighted by Crippen LogP contribution is 2.22. The highest BCUT2D eigenvalue weighted by molar-refractivity contribution is 9.10. The van der Waals surface area contributed by atoms with Gasteiger partial charge in [-0.25, -0.2) is 9.37 Å². The van der Waals surface area contributed by atoms with E-state index in [1.54, 1.807) is 12.1 Å². The van der Waals surface area contributed by atoms with Crippen molar-refractivity contribution < 1.29 is 4.39 Å². The van der Waals surface area contributed by atoms with Crippen LogP contribution in [0.4, 0.5) is 4.39 Å². The lowest BCUT2D eigenvalue weighted by Gasteiger charge is -1.97. The van der Waals surface area contributed by atoms with E-state index in [1.807, 2.05) is 0 Å². The van der Waals surface area contributed by atoms with Crippen LogP contribution in [0.15, 0.2) is 22.7 Å². The molecule has 0 fully saturated rings. The third-order valence-corrected chi connectivity index (χ3v) is 2.70. The van der Waals surface area contributed by atoms with Gasteiger partial charge in [-0.1, -0.05) is 0 Å². The molecule has 3 N–H and O–H groups in total. The van der Waals surface area contributed by atoms with Gasteiger partial charge >= 0.3 is 0 Å². The van der Waals surface area contributed by atoms with E-state index in [9.17, 15) is 4.39 Å². The Hall–Kier alpha value is -1.27. The molecule has 2 rings (SSSR count). The fraction of sp³-hybridized carbons (Fsp3) is 0.200. The summed E-state index contributed by atoms with van der Waals surface area (Å²) in [6.45, 7) is 0.516. The summed E-state index contributed by atoms with van der Waals surface area (Å²) in [4.78, 5) is 4.25. The van der Waals surface area contributed by atoms with Gasteiger partial charge in [0, 0.05) is 12.0 Å². The highest BCUT2D eigenvalue weighted by Gasteiger charge is 2.07. The smallest absolute Gasteiger partial charge is 0.181 e. The van der Waals surface area contributed by atoms with Gasteiger partial charge < -0.3 is 5.73 Å².